The molecule has 0 bridgehead atoms. The minimum Gasteiger partial charge on any atom is -0.319 e. The Bertz CT molecular complexity index is 1130. The highest BCUT2D eigenvalue weighted by Crippen LogP contribution is 2.41. The summed E-state index contributed by atoms with van der Waals surface area (Å²) in [5.41, 5.74) is 5.05. The van der Waals surface area contributed by atoms with Crippen molar-refractivity contribution in [3.05, 3.63) is 82.7 Å². The number of urea groups is 1. The summed E-state index contributed by atoms with van der Waals surface area (Å²) in [7, 11) is 0. The normalized spacial score (nSPS) is 20.4. The summed E-state index contributed by atoms with van der Waals surface area (Å²) in [6, 6.07) is 17.4. The Kier molecular flexibility index (Phi) is 3.84. The van der Waals surface area contributed by atoms with Gasteiger partial charge in [0.1, 0.15) is 5.54 Å². The molecule has 2 aromatic carbocycles. The highest BCUT2D eigenvalue weighted by molar-refractivity contribution is 6.08. The predicted octanol–water partition coefficient (Wildman–Crippen LogP) is 3.38. The van der Waals surface area contributed by atoms with Crippen LogP contribution in [0.2, 0.25) is 0 Å². The molecule has 3 amide bonds. The summed E-state index contributed by atoms with van der Waals surface area (Å²) in [6.07, 6.45) is 1.41. The van der Waals surface area contributed by atoms with Crippen LogP contribution >= 0.6 is 0 Å². The zero-order valence-corrected chi connectivity index (χ0v) is 16.5. The van der Waals surface area contributed by atoms with Gasteiger partial charge in [-0.1, -0.05) is 36.4 Å². The maximum absolute atomic E-state index is 13.3. The van der Waals surface area contributed by atoms with Crippen LogP contribution in [0.15, 0.2) is 54.6 Å². The van der Waals surface area contributed by atoms with E-state index in [1.54, 1.807) is 0 Å². The monoisotopic (exact) mass is 386 g/mol. The van der Waals surface area contributed by atoms with Gasteiger partial charge >= 0.3 is 6.03 Å². The fraction of sp³-hybridized carbons (Fsp3) is 0.261. The molecule has 3 aromatic rings. The van der Waals surface area contributed by atoms with E-state index < -0.39 is 5.54 Å². The van der Waals surface area contributed by atoms with Gasteiger partial charge in [0.2, 0.25) is 0 Å². The van der Waals surface area contributed by atoms with Crippen LogP contribution < -0.4 is 5.32 Å². The van der Waals surface area contributed by atoms with E-state index >= 15 is 0 Å². The van der Waals surface area contributed by atoms with Crippen molar-refractivity contribution >= 4 is 11.9 Å². The molecule has 1 aliphatic heterocycles. The van der Waals surface area contributed by atoms with Crippen LogP contribution in [-0.4, -0.2) is 26.6 Å². The summed E-state index contributed by atoms with van der Waals surface area (Å²) >= 11 is 0. The number of amides is 3. The van der Waals surface area contributed by atoms with Gasteiger partial charge in [0.05, 0.1) is 17.9 Å². The second-order valence-electron chi connectivity index (χ2n) is 7.89. The number of benzene rings is 2. The lowest BCUT2D eigenvalue weighted by Crippen LogP contribution is -2.41. The van der Waals surface area contributed by atoms with Gasteiger partial charge in [0.15, 0.2) is 0 Å². The number of rotatable bonds is 3. The minimum atomic E-state index is -0.905. The molecule has 5 rings (SSSR count). The predicted molar refractivity (Wildman–Crippen MR) is 109 cm³/mol. The fourth-order valence-electron chi connectivity index (χ4n) is 4.55. The molecule has 1 aliphatic carbocycles. The molecular formula is C23H22N4O2. The van der Waals surface area contributed by atoms with Crippen LogP contribution in [0.1, 0.15) is 34.5 Å². The molecule has 2 heterocycles. The average molecular weight is 386 g/mol. The average Bonchev–Trinajstić information content (AvgIpc) is 3.33. The van der Waals surface area contributed by atoms with Gasteiger partial charge in [-0.05, 0) is 61.6 Å². The third-order valence-electron chi connectivity index (χ3n) is 5.95. The maximum Gasteiger partial charge on any atom is 0.325 e. The lowest BCUT2D eigenvalue weighted by molar-refractivity contribution is -0.132. The highest BCUT2D eigenvalue weighted by atomic mass is 16.2. The Morgan fingerprint density at radius 3 is 2.55 bits per heavy atom. The Hall–Kier alpha value is -3.41. The van der Waals surface area contributed by atoms with Gasteiger partial charge < -0.3 is 5.32 Å². The van der Waals surface area contributed by atoms with E-state index in [0.29, 0.717) is 6.42 Å². The fourth-order valence-corrected chi connectivity index (χ4v) is 4.55. The first-order chi connectivity index (χ1) is 14.0. The zero-order chi connectivity index (χ0) is 20.2. The van der Waals surface area contributed by atoms with Gasteiger partial charge in [0, 0.05) is 5.69 Å². The molecule has 0 radical (unpaired) electrons. The number of nitrogens with one attached hydrogen (secondary N) is 1. The summed E-state index contributed by atoms with van der Waals surface area (Å²) in [4.78, 5) is 27.3. The minimum absolute atomic E-state index is 0.157. The third-order valence-corrected chi connectivity index (χ3v) is 5.95. The standard InChI is InChI=1S/C23H22N4O2/c1-15-13-16(2)27(25-15)19-9-7-17(8-10-19)14-26-21(28)23(24-22(26)29)12-11-18-5-3-4-6-20(18)23/h3-10,13H,11-12,14H2,1-2H3,(H,24,29)/t23-/m0/s1. The van der Waals surface area contributed by atoms with Crippen molar-refractivity contribution in [3.63, 3.8) is 0 Å². The van der Waals surface area contributed by atoms with Crippen molar-refractivity contribution in [1.29, 1.82) is 0 Å². The molecule has 2 aliphatic rings. The van der Waals surface area contributed by atoms with Gasteiger partial charge in [-0.15, -0.1) is 0 Å². The molecule has 1 spiro atoms. The number of imide groups is 1. The highest BCUT2D eigenvalue weighted by Gasteiger charge is 2.55. The molecule has 146 valence electrons. The zero-order valence-electron chi connectivity index (χ0n) is 16.5. The molecule has 0 saturated carbocycles. The van der Waals surface area contributed by atoms with Gasteiger partial charge in [-0.3, -0.25) is 9.69 Å². The van der Waals surface area contributed by atoms with E-state index in [1.165, 1.54) is 4.90 Å². The van der Waals surface area contributed by atoms with Crippen LogP contribution in [0.3, 0.4) is 0 Å². The SMILES string of the molecule is Cc1cc(C)n(-c2ccc(CN3C(=O)N[C@]4(CCc5ccccc54)C3=O)cc2)n1. The quantitative estimate of drug-likeness (QED) is 0.702. The lowest BCUT2D eigenvalue weighted by Gasteiger charge is -2.22. The van der Waals surface area contributed by atoms with E-state index in [-0.39, 0.29) is 18.5 Å². The second kappa shape index (κ2) is 6.30. The molecule has 6 heteroatoms. The third kappa shape index (κ3) is 2.67. The first kappa shape index (κ1) is 17.7. The Morgan fingerprint density at radius 2 is 1.83 bits per heavy atom. The number of hydrogen-bond donors (Lipinski definition) is 1. The van der Waals surface area contributed by atoms with Crippen LogP contribution in [0.5, 0.6) is 0 Å². The van der Waals surface area contributed by atoms with E-state index in [2.05, 4.69) is 10.4 Å². The molecule has 1 aromatic heterocycles. The van der Waals surface area contributed by atoms with Crippen LogP contribution in [0.4, 0.5) is 4.79 Å². The Morgan fingerprint density at radius 1 is 1.07 bits per heavy atom. The largest absolute Gasteiger partial charge is 0.325 e. The van der Waals surface area contributed by atoms with E-state index in [0.717, 1.165) is 40.2 Å². The molecule has 1 saturated heterocycles. The first-order valence-electron chi connectivity index (χ1n) is 9.83. The Balaban J connectivity index is 1.39. The van der Waals surface area contributed by atoms with Crippen LogP contribution in [0.25, 0.3) is 5.69 Å². The number of fused-ring (bicyclic) bond motifs is 2. The van der Waals surface area contributed by atoms with E-state index in [4.69, 9.17) is 0 Å². The van der Waals surface area contributed by atoms with Crippen molar-refractivity contribution in [2.75, 3.05) is 0 Å². The number of aryl methyl sites for hydroxylation is 3. The van der Waals surface area contributed by atoms with Crippen LogP contribution in [-0.2, 0) is 23.3 Å². The van der Waals surface area contributed by atoms with Gasteiger partial charge in [0.25, 0.3) is 5.91 Å². The van der Waals surface area contributed by atoms with Crippen molar-refractivity contribution in [2.45, 2.75) is 38.8 Å². The summed E-state index contributed by atoms with van der Waals surface area (Å²) < 4.78 is 1.89. The smallest absolute Gasteiger partial charge is 0.319 e. The molecule has 1 N–H and O–H groups in total. The summed E-state index contributed by atoms with van der Waals surface area (Å²) in [6.45, 7) is 4.23. The topological polar surface area (TPSA) is 67.2 Å². The molecule has 1 fully saturated rings. The molecule has 1 atom stereocenters. The van der Waals surface area contributed by atoms with Crippen molar-refractivity contribution in [3.8, 4) is 5.69 Å². The van der Waals surface area contributed by atoms with Gasteiger partial charge in [-0.25, -0.2) is 9.48 Å². The summed E-state index contributed by atoms with van der Waals surface area (Å²) in [5.74, 6) is -0.157. The van der Waals surface area contributed by atoms with Crippen LogP contribution in [0, 0.1) is 13.8 Å². The van der Waals surface area contributed by atoms with E-state index in [1.807, 2.05) is 73.1 Å². The Labute approximate surface area is 169 Å². The summed E-state index contributed by atoms with van der Waals surface area (Å²) in [5, 5.41) is 7.47. The lowest BCUT2D eigenvalue weighted by atomic mass is 9.92. The first-order valence-corrected chi connectivity index (χ1v) is 9.83. The number of carbonyl (C=O) groups excluding carboxylic acids is 2. The number of carbonyl (C=O) groups is 2. The van der Waals surface area contributed by atoms with Crippen molar-refractivity contribution in [2.24, 2.45) is 0 Å². The molecule has 29 heavy (non-hydrogen) atoms. The maximum atomic E-state index is 13.3. The van der Waals surface area contributed by atoms with Crippen molar-refractivity contribution in [1.82, 2.24) is 20.0 Å². The molecular weight excluding hydrogens is 364 g/mol. The second-order valence-corrected chi connectivity index (χ2v) is 7.89. The number of hydrogen-bond acceptors (Lipinski definition) is 3. The number of aromatic nitrogens is 2. The molecule has 6 nitrogen and oxygen atoms in total. The number of nitrogens with zero attached hydrogens (tertiary/aromatic N) is 3. The van der Waals surface area contributed by atoms with E-state index in [9.17, 15) is 9.59 Å². The van der Waals surface area contributed by atoms with Crippen molar-refractivity contribution < 1.29 is 9.59 Å². The molecule has 0 unspecified atom stereocenters. The van der Waals surface area contributed by atoms with Gasteiger partial charge in [-0.2, -0.15) is 5.10 Å².